The number of pyridine rings is 1. The molecule has 0 aromatic carbocycles. The molecule has 1 saturated heterocycles. The Hall–Kier alpha value is -2.74. The van der Waals surface area contributed by atoms with Gasteiger partial charge in [0.15, 0.2) is 0 Å². The molecule has 1 aliphatic rings. The summed E-state index contributed by atoms with van der Waals surface area (Å²) in [5.74, 6) is 1.16. The minimum Gasteiger partial charge on any atom is -0.368 e. The lowest BCUT2D eigenvalue weighted by Gasteiger charge is -2.32. The highest BCUT2D eigenvalue weighted by molar-refractivity contribution is 5.88. The summed E-state index contributed by atoms with van der Waals surface area (Å²) < 4.78 is 5.80. The van der Waals surface area contributed by atoms with Gasteiger partial charge in [0.2, 0.25) is 5.95 Å². The zero-order chi connectivity index (χ0) is 17.8. The lowest BCUT2D eigenvalue weighted by atomic mass is 10.2. The number of carbonyl (C=O) groups excluding carboxylic acids is 1. The second-order valence-electron chi connectivity index (χ2n) is 6.13. The monoisotopic (exact) mass is 342 g/mol. The van der Waals surface area contributed by atoms with Gasteiger partial charge in [0.25, 0.3) is 0 Å². The van der Waals surface area contributed by atoms with E-state index in [1.54, 1.807) is 17.3 Å². The standard InChI is InChI=1S/C17H22N6O2/c1-12-4-6-18-15(10-12)21-17(24)23-8-9-25-14(11-23)13-5-7-19-16(20-13)22(2)3/h4-7,10,14H,8-9,11H2,1-3H3,(H,18,21,24). The van der Waals surface area contributed by atoms with E-state index in [-0.39, 0.29) is 12.1 Å². The zero-order valence-corrected chi connectivity index (χ0v) is 14.6. The van der Waals surface area contributed by atoms with Crippen molar-refractivity contribution < 1.29 is 9.53 Å². The van der Waals surface area contributed by atoms with Crippen molar-refractivity contribution in [1.82, 2.24) is 19.9 Å². The Labute approximate surface area is 146 Å². The van der Waals surface area contributed by atoms with Crippen molar-refractivity contribution in [3.05, 3.63) is 41.9 Å². The Kier molecular flexibility index (Phi) is 5.08. The van der Waals surface area contributed by atoms with Gasteiger partial charge in [-0.1, -0.05) is 0 Å². The molecular weight excluding hydrogens is 320 g/mol. The second kappa shape index (κ2) is 7.43. The fourth-order valence-electron chi connectivity index (χ4n) is 2.56. The van der Waals surface area contributed by atoms with Crippen LogP contribution in [0.15, 0.2) is 30.6 Å². The first-order valence-corrected chi connectivity index (χ1v) is 8.13. The third-order valence-corrected chi connectivity index (χ3v) is 3.90. The molecule has 2 aromatic rings. The highest BCUT2D eigenvalue weighted by Gasteiger charge is 2.27. The van der Waals surface area contributed by atoms with Gasteiger partial charge in [-0.25, -0.2) is 19.7 Å². The smallest absolute Gasteiger partial charge is 0.323 e. The molecule has 2 aromatic heterocycles. The van der Waals surface area contributed by atoms with E-state index in [9.17, 15) is 4.79 Å². The van der Waals surface area contributed by atoms with Crippen LogP contribution in [0.1, 0.15) is 17.4 Å². The van der Waals surface area contributed by atoms with Crippen LogP contribution in [0.25, 0.3) is 0 Å². The molecule has 0 aliphatic carbocycles. The maximum atomic E-state index is 12.5. The molecule has 1 atom stereocenters. The average molecular weight is 342 g/mol. The number of morpholine rings is 1. The first-order valence-electron chi connectivity index (χ1n) is 8.13. The molecule has 1 aliphatic heterocycles. The van der Waals surface area contributed by atoms with Crippen LogP contribution in [0.3, 0.4) is 0 Å². The maximum Gasteiger partial charge on any atom is 0.323 e. The van der Waals surface area contributed by atoms with Gasteiger partial charge in [0.1, 0.15) is 11.9 Å². The molecule has 0 bridgehead atoms. The molecule has 25 heavy (non-hydrogen) atoms. The molecule has 0 spiro atoms. The Morgan fingerprint density at radius 1 is 1.32 bits per heavy atom. The SMILES string of the molecule is Cc1ccnc(NC(=O)N2CCOC(c3ccnc(N(C)C)n3)C2)c1. The Bertz CT molecular complexity index is 751. The highest BCUT2D eigenvalue weighted by atomic mass is 16.5. The topological polar surface area (TPSA) is 83.5 Å². The van der Waals surface area contributed by atoms with E-state index in [0.29, 0.717) is 31.5 Å². The zero-order valence-electron chi connectivity index (χ0n) is 14.6. The van der Waals surface area contributed by atoms with Crippen LogP contribution in [0.5, 0.6) is 0 Å². The van der Waals surface area contributed by atoms with E-state index in [0.717, 1.165) is 11.3 Å². The largest absolute Gasteiger partial charge is 0.368 e. The summed E-state index contributed by atoms with van der Waals surface area (Å²) in [6, 6.07) is 5.36. The summed E-state index contributed by atoms with van der Waals surface area (Å²) in [6.07, 6.45) is 3.11. The molecule has 1 unspecified atom stereocenters. The van der Waals surface area contributed by atoms with Crippen molar-refractivity contribution in [2.45, 2.75) is 13.0 Å². The number of aryl methyl sites for hydroxylation is 1. The molecule has 0 radical (unpaired) electrons. The molecule has 2 amide bonds. The second-order valence-corrected chi connectivity index (χ2v) is 6.13. The highest BCUT2D eigenvalue weighted by Crippen LogP contribution is 2.22. The summed E-state index contributed by atoms with van der Waals surface area (Å²) in [7, 11) is 3.77. The molecule has 8 nitrogen and oxygen atoms in total. The van der Waals surface area contributed by atoms with Crippen molar-refractivity contribution >= 4 is 17.8 Å². The third-order valence-electron chi connectivity index (χ3n) is 3.90. The fourth-order valence-corrected chi connectivity index (χ4v) is 2.56. The predicted molar refractivity (Wildman–Crippen MR) is 94.6 cm³/mol. The summed E-state index contributed by atoms with van der Waals surface area (Å²) in [6.45, 7) is 3.38. The van der Waals surface area contributed by atoms with Crippen molar-refractivity contribution in [2.75, 3.05) is 44.0 Å². The van der Waals surface area contributed by atoms with E-state index in [4.69, 9.17) is 4.74 Å². The van der Waals surface area contributed by atoms with Gasteiger partial charge in [-0.3, -0.25) is 5.32 Å². The first kappa shape index (κ1) is 17.1. The number of nitrogens with one attached hydrogen (secondary N) is 1. The molecule has 1 N–H and O–H groups in total. The van der Waals surface area contributed by atoms with E-state index in [2.05, 4.69) is 20.3 Å². The number of anilines is 2. The number of ether oxygens (including phenoxy) is 1. The number of amides is 2. The number of hydrogen-bond donors (Lipinski definition) is 1. The quantitative estimate of drug-likeness (QED) is 0.916. The number of hydrogen-bond acceptors (Lipinski definition) is 6. The van der Waals surface area contributed by atoms with Gasteiger partial charge in [-0.2, -0.15) is 0 Å². The van der Waals surface area contributed by atoms with Crippen molar-refractivity contribution in [2.24, 2.45) is 0 Å². The van der Waals surface area contributed by atoms with Crippen LogP contribution in [0.2, 0.25) is 0 Å². The average Bonchev–Trinajstić information content (AvgIpc) is 2.62. The maximum absolute atomic E-state index is 12.5. The van der Waals surface area contributed by atoms with E-state index < -0.39 is 0 Å². The normalized spacial score (nSPS) is 17.2. The van der Waals surface area contributed by atoms with Gasteiger partial charge in [0, 0.05) is 33.0 Å². The van der Waals surface area contributed by atoms with Gasteiger partial charge < -0.3 is 14.5 Å². The molecule has 0 saturated carbocycles. The minimum absolute atomic E-state index is 0.187. The molecule has 132 valence electrons. The van der Waals surface area contributed by atoms with Crippen LogP contribution in [-0.4, -0.2) is 59.7 Å². The van der Waals surface area contributed by atoms with Crippen molar-refractivity contribution in [3.63, 3.8) is 0 Å². The number of rotatable bonds is 3. The van der Waals surface area contributed by atoms with E-state index >= 15 is 0 Å². The van der Waals surface area contributed by atoms with E-state index in [1.165, 1.54) is 0 Å². The van der Waals surface area contributed by atoms with Gasteiger partial charge >= 0.3 is 6.03 Å². The van der Waals surface area contributed by atoms with Crippen molar-refractivity contribution in [3.8, 4) is 0 Å². The first-order chi connectivity index (χ1) is 12.0. The molecule has 3 rings (SSSR count). The van der Waals surface area contributed by atoms with Gasteiger partial charge in [0.05, 0.1) is 18.8 Å². The van der Waals surface area contributed by atoms with Crippen LogP contribution in [0.4, 0.5) is 16.6 Å². The predicted octanol–water partition coefficient (Wildman–Crippen LogP) is 1.85. The summed E-state index contributed by atoms with van der Waals surface area (Å²) in [4.78, 5) is 28.9. The summed E-state index contributed by atoms with van der Waals surface area (Å²) in [5.41, 5.74) is 1.81. The van der Waals surface area contributed by atoms with Gasteiger partial charge in [-0.15, -0.1) is 0 Å². The number of aromatic nitrogens is 3. The lowest BCUT2D eigenvalue weighted by Crippen LogP contribution is -2.44. The molecule has 1 fully saturated rings. The third kappa shape index (κ3) is 4.21. The van der Waals surface area contributed by atoms with Crippen LogP contribution >= 0.6 is 0 Å². The fraction of sp³-hybridized carbons (Fsp3) is 0.412. The Morgan fingerprint density at radius 3 is 2.88 bits per heavy atom. The minimum atomic E-state index is -0.272. The molecular formula is C17H22N6O2. The van der Waals surface area contributed by atoms with Crippen LogP contribution in [-0.2, 0) is 4.74 Å². The number of carbonyl (C=O) groups is 1. The van der Waals surface area contributed by atoms with Crippen LogP contribution in [0, 0.1) is 6.92 Å². The summed E-state index contributed by atoms with van der Waals surface area (Å²) >= 11 is 0. The number of urea groups is 1. The van der Waals surface area contributed by atoms with Crippen LogP contribution < -0.4 is 10.2 Å². The number of nitrogens with zero attached hydrogens (tertiary/aromatic N) is 5. The lowest BCUT2D eigenvalue weighted by molar-refractivity contribution is -0.0157. The summed E-state index contributed by atoms with van der Waals surface area (Å²) in [5, 5.41) is 2.83. The Balaban J connectivity index is 1.68. The van der Waals surface area contributed by atoms with Gasteiger partial charge in [-0.05, 0) is 30.7 Å². The molecule has 8 heteroatoms. The molecule has 3 heterocycles. The van der Waals surface area contributed by atoms with Crippen molar-refractivity contribution in [1.29, 1.82) is 0 Å². The Morgan fingerprint density at radius 2 is 2.12 bits per heavy atom. The van der Waals surface area contributed by atoms with E-state index in [1.807, 2.05) is 44.1 Å².